The van der Waals surface area contributed by atoms with E-state index in [1.54, 1.807) is 31.2 Å². The summed E-state index contributed by atoms with van der Waals surface area (Å²) in [5.74, 6) is -0.159. The predicted octanol–water partition coefficient (Wildman–Crippen LogP) is 3.06. The maximum Gasteiger partial charge on any atom is 0.273 e. The molecule has 1 heterocycles. The summed E-state index contributed by atoms with van der Waals surface area (Å²) in [5.41, 5.74) is 5.52. The second-order valence-corrected chi connectivity index (χ2v) is 4.83. The van der Waals surface area contributed by atoms with E-state index in [1.165, 1.54) is 10.1 Å². The lowest BCUT2D eigenvalue weighted by atomic mass is 10.2. The normalized spacial score (nSPS) is 12.8. The molecule has 1 aliphatic rings. The molecule has 1 amide bonds. The number of carbonyl (C=O) groups is 1. The highest BCUT2D eigenvalue weighted by Gasteiger charge is 2.33. The molecule has 0 saturated carbocycles. The number of benzene rings is 2. The summed E-state index contributed by atoms with van der Waals surface area (Å²) in [7, 11) is 0. The van der Waals surface area contributed by atoms with Crippen LogP contribution in [0, 0.1) is 0 Å². The van der Waals surface area contributed by atoms with Crippen LogP contribution in [0.15, 0.2) is 60.7 Å². The third-order valence-corrected chi connectivity index (χ3v) is 3.23. The lowest BCUT2D eigenvalue weighted by Crippen LogP contribution is -2.46. The van der Waals surface area contributed by atoms with Crippen molar-refractivity contribution in [3.05, 3.63) is 60.7 Å². The Labute approximate surface area is 122 Å². The average molecular weight is 281 g/mol. The summed E-state index contributed by atoms with van der Waals surface area (Å²) in [5, 5.41) is 13.0. The summed E-state index contributed by atoms with van der Waals surface area (Å²) in [6.07, 6.45) is 0. The lowest BCUT2D eigenvalue weighted by molar-refractivity contribution is -0.115. The average Bonchev–Trinajstić information content (AvgIpc) is 2.85. The van der Waals surface area contributed by atoms with Gasteiger partial charge in [-0.1, -0.05) is 30.8 Å². The maximum absolute atomic E-state index is 12.5. The van der Waals surface area contributed by atoms with Crippen molar-refractivity contribution in [3.8, 4) is 5.75 Å². The van der Waals surface area contributed by atoms with Crippen LogP contribution in [-0.4, -0.2) is 11.0 Å². The van der Waals surface area contributed by atoms with Crippen molar-refractivity contribution in [3.63, 3.8) is 0 Å². The zero-order valence-corrected chi connectivity index (χ0v) is 11.6. The van der Waals surface area contributed by atoms with E-state index in [0.717, 1.165) is 5.69 Å². The topological polar surface area (TPSA) is 55.8 Å². The highest BCUT2D eigenvalue weighted by molar-refractivity contribution is 6.10. The van der Waals surface area contributed by atoms with E-state index < -0.39 is 0 Å². The summed E-state index contributed by atoms with van der Waals surface area (Å²) < 4.78 is 0. The molecule has 1 aliphatic heterocycles. The first kappa shape index (κ1) is 13.1. The number of anilines is 3. The van der Waals surface area contributed by atoms with Crippen molar-refractivity contribution < 1.29 is 9.90 Å². The number of hydrogen-bond acceptors (Lipinski definition) is 4. The number of phenols is 1. The van der Waals surface area contributed by atoms with Gasteiger partial charge in [-0.2, -0.15) is 10.1 Å². The van der Waals surface area contributed by atoms with Gasteiger partial charge in [-0.3, -0.25) is 10.2 Å². The summed E-state index contributed by atoms with van der Waals surface area (Å²) in [6.45, 7) is 5.37. The van der Waals surface area contributed by atoms with Gasteiger partial charge in [0.2, 0.25) is 0 Å². The molecule has 0 bridgehead atoms. The second kappa shape index (κ2) is 4.86. The van der Waals surface area contributed by atoms with Gasteiger partial charge in [-0.15, -0.1) is 0 Å². The first-order valence-electron chi connectivity index (χ1n) is 6.53. The van der Waals surface area contributed by atoms with Gasteiger partial charge in [0.15, 0.2) is 0 Å². The van der Waals surface area contributed by atoms with Crippen molar-refractivity contribution in [2.24, 2.45) is 0 Å². The molecular formula is C16H15N3O2. The van der Waals surface area contributed by atoms with Gasteiger partial charge in [-0.05, 0) is 31.2 Å². The summed E-state index contributed by atoms with van der Waals surface area (Å²) in [6, 6.07) is 14.3. The number of hydrogen-bond donors (Lipinski definition) is 2. The van der Waals surface area contributed by atoms with Gasteiger partial charge in [0, 0.05) is 5.57 Å². The maximum atomic E-state index is 12.5. The minimum Gasteiger partial charge on any atom is -0.506 e. The molecule has 2 N–H and O–H groups in total. The summed E-state index contributed by atoms with van der Waals surface area (Å²) in [4.78, 5) is 12.5. The van der Waals surface area contributed by atoms with Crippen LogP contribution in [-0.2, 0) is 4.79 Å². The van der Waals surface area contributed by atoms with E-state index in [4.69, 9.17) is 0 Å². The quantitative estimate of drug-likeness (QED) is 0.831. The van der Waals surface area contributed by atoms with E-state index in [-0.39, 0.29) is 11.7 Å². The van der Waals surface area contributed by atoms with Gasteiger partial charge in [0.1, 0.15) is 11.4 Å². The molecule has 21 heavy (non-hydrogen) atoms. The third-order valence-electron chi connectivity index (χ3n) is 3.23. The Bertz CT molecular complexity index is 727. The largest absolute Gasteiger partial charge is 0.506 e. The smallest absolute Gasteiger partial charge is 0.273 e. The first-order valence-corrected chi connectivity index (χ1v) is 6.53. The molecule has 5 heteroatoms. The van der Waals surface area contributed by atoms with Gasteiger partial charge in [-0.25, -0.2) is 0 Å². The van der Waals surface area contributed by atoms with Crippen molar-refractivity contribution in [2.45, 2.75) is 6.92 Å². The van der Waals surface area contributed by atoms with Crippen molar-refractivity contribution in [1.82, 2.24) is 0 Å². The van der Waals surface area contributed by atoms with E-state index in [2.05, 4.69) is 12.0 Å². The number of nitrogens with zero attached hydrogens (tertiary/aromatic N) is 2. The predicted molar refractivity (Wildman–Crippen MR) is 83.0 cm³/mol. The van der Waals surface area contributed by atoms with Crippen molar-refractivity contribution in [1.29, 1.82) is 0 Å². The molecule has 3 rings (SSSR count). The molecule has 5 nitrogen and oxygen atoms in total. The standard InChI is InChI=1S/C16H15N3O2/c1-11(2)16(21)18-13-8-4-3-7-12(13)17-19(18)14-9-5-6-10-15(14)20/h3-10,17,20H,1H2,2H3. The molecule has 106 valence electrons. The monoisotopic (exact) mass is 281 g/mol. The van der Waals surface area contributed by atoms with E-state index in [9.17, 15) is 9.90 Å². The molecule has 0 atom stereocenters. The zero-order valence-electron chi connectivity index (χ0n) is 11.6. The Morgan fingerprint density at radius 1 is 1.10 bits per heavy atom. The van der Waals surface area contributed by atoms with Crippen LogP contribution in [0.1, 0.15) is 6.92 Å². The number of hydrazine groups is 2. The van der Waals surface area contributed by atoms with Crippen molar-refractivity contribution >= 4 is 23.0 Å². The molecule has 0 aliphatic carbocycles. The Hall–Kier alpha value is -2.95. The molecular weight excluding hydrogens is 266 g/mol. The van der Waals surface area contributed by atoms with Gasteiger partial charge >= 0.3 is 0 Å². The molecule has 0 fully saturated rings. The molecule has 2 aromatic carbocycles. The molecule has 0 spiro atoms. The fourth-order valence-electron chi connectivity index (χ4n) is 2.22. The second-order valence-electron chi connectivity index (χ2n) is 4.83. The number of rotatable bonds is 2. The Kier molecular flexibility index (Phi) is 3.02. The number of phenolic OH excluding ortho intramolecular Hbond substituents is 1. The Morgan fingerprint density at radius 2 is 1.71 bits per heavy atom. The minimum absolute atomic E-state index is 0.0809. The first-order chi connectivity index (χ1) is 10.1. The number of aromatic hydroxyl groups is 1. The Morgan fingerprint density at radius 3 is 2.38 bits per heavy atom. The highest BCUT2D eigenvalue weighted by atomic mass is 16.3. The van der Waals surface area contributed by atoms with Gasteiger partial charge < -0.3 is 5.11 Å². The molecule has 2 aromatic rings. The zero-order chi connectivity index (χ0) is 15.0. The molecule has 0 aromatic heterocycles. The SMILES string of the molecule is C=C(C)C(=O)N1c2ccccc2NN1c1ccccc1O. The van der Waals surface area contributed by atoms with Gasteiger partial charge in [0.05, 0.1) is 11.4 Å². The van der Waals surface area contributed by atoms with Crippen LogP contribution < -0.4 is 15.6 Å². The number of nitrogens with one attached hydrogen (secondary N) is 1. The van der Waals surface area contributed by atoms with Crippen LogP contribution >= 0.6 is 0 Å². The van der Waals surface area contributed by atoms with Gasteiger partial charge in [0.25, 0.3) is 5.91 Å². The molecule has 0 unspecified atom stereocenters. The number of amides is 1. The van der Waals surface area contributed by atoms with Crippen LogP contribution in [0.25, 0.3) is 0 Å². The molecule has 0 saturated heterocycles. The summed E-state index contributed by atoms with van der Waals surface area (Å²) >= 11 is 0. The number of fused-ring (bicyclic) bond motifs is 1. The fourth-order valence-corrected chi connectivity index (χ4v) is 2.22. The third kappa shape index (κ3) is 2.08. The molecule has 0 radical (unpaired) electrons. The van der Waals surface area contributed by atoms with E-state index in [1.807, 2.05) is 24.3 Å². The van der Waals surface area contributed by atoms with Crippen molar-refractivity contribution in [2.75, 3.05) is 15.6 Å². The Balaban J connectivity index is 2.11. The van der Waals surface area contributed by atoms with Crippen LogP contribution in [0.5, 0.6) is 5.75 Å². The number of para-hydroxylation sites is 4. The minimum atomic E-state index is -0.240. The van der Waals surface area contributed by atoms with E-state index in [0.29, 0.717) is 16.9 Å². The van der Waals surface area contributed by atoms with Crippen LogP contribution in [0.3, 0.4) is 0 Å². The lowest BCUT2D eigenvalue weighted by Gasteiger charge is -2.29. The number of carbonyl (C=O) groups excluding carboxylic acids is 1. The van der Waals surface area contributed by atoms with E-state index >= 15 is 0 Å². The fraction of sp³-hybridized carbons (Fsp3) is 0.0625. The van der Waals surface area contributed by atoms with Crippen LogP contribution in [0.4, 0.5) is 17.1 Å². The van der Waals surface area contributed by atoms with Crippen LogP contribution in [0.2, 0.25) is 0 Å². The highest BCUT2D eigenvalue weighted by Crippen LogP contribution is 2.39.